The van der Waals surface area contributed by atoms with Gasteiger partial charge in [-0.1, -0.05) is 90.0 Å². The van der Waals surface area contributed by atoms with E-state index in [0.29, 0.717) is 5.92 Å². The van der Waals surface area contributed by atoms with Crippen LogP contribution in [0.15, 0.2) is 30.5 Å². The van der Waals surface area contributed by atoms with Crippen LogP contribution >= 0.6 is 0 Å². The highest BCUT2D eigenvalue weighted by molar-refractivity contribution is 5.56. The molecule has 0 spiro atoms. The quantitative estimate of drug-likeness (QED) is 0.400. The monoisotopic (exact) mass is 378 g/mol. The molecule has 1 aromatic heterocycles. The molecule has 2 heteroatoms. The summed E-state index contributed by atoms with van der Waals surface area (Å²) in [6.45, 7) is 6.91. The first kappa shape index (κ1) is 21.0. The Kier molecular flexibility index (Phi) is 8.06. The van der Waals surface area contributed by atoms with Crippen LogP contribution in [0.3, 0.4) is 0 Å². The molecule has 2 unspecified atom stereocenters. The second-order valence-electron chi connectivity index (χ2n) is 8.79. The Morgan fingerprint density at radius 3 is 2.54 bits per heavy atom. The van der Waals surface area contributed by atoms with Gasteiger partial charge in [0, 0.05) is 17.5 Å². The number of unbranched alkanes of at least 4 members (excludes halogenated alkanes) is 4. The fraction of sp³-hybridized carbons (Fsp3) is 0.615. The molecule has 1 heterocycles. The zero-order valence-corrected chi connectivity index (χ0v) is 18.2. The Bertz CT molecular complexity index is 720. The molecule has 0 aliphatic heterocycles. The lowest BCUT2D eigenvalue weighted by Gasteiger charge is -2.23. The normalized spacial score (nSPS) is 17.3. The number of hydrogen-bond donors (Lipinski definition) is 0. The fourth-order valence-electron chi connectivity index (χ4n) is 4.47. The third kappa shape index (κ3) is 5.65. The third-order valence-electron chi connectivity index (χ3n) is 6.45. The Labute approximate surface area is 172 Å². The molecule has 152 valence electrons. The summed E-state index contributed by atoms with van der Waals surface area (Å²) in [6, 6.07) is 8.99. The van der Waals surface area contributed by atoms with E-state index >= 15 is 0 Å². The molecule has 0 saturated carbocycles. The number of rotatable bonds is 10. The molecule has 0 bridgehead atoms. The van der Waals surface area contributed by atoms with Gasteiger partial charge in [0.25, 0.3) is 0 Å². The molecule has 0 N–H and O–H groups in total. The van der Waals surface area contributed by atoms with Crippen LogP contribution in [-0.4, -0.2) is 9.97 Å². The van der Waals surface area contributed by atoms with Crippen molar-refractivity contribution in [1.82, 2.24) is 9.97 Å². The van der Waals surface area contributed by atoms with Crippen LogP contribution in [-0.2, 0) is 12.8 Å². The minimum atomic E-state index is 0.635. The van der Waals surface area contributed by atoms with Crippen LogP contribution in [0.5, 0.6) is 0 Å². The summed E-state index contributed by atoms with van der Waals surface area (Å²) >= 11 is 0. The minimum absolute atomic E-state index is 0.635. The smallest absolute Gasteiger partial charge is 0.159 e. The first-order valence-electron chi connectivity index (χ1n) is 11.7. The summed E-state index contributed by atoms with van der Waals surface area (Å²) in [5.41, 5.74) is 5.26. The van der Waals surface area contributed by atoms with E-state index in [4.69, 9.17) is 9.97 Å². The largest absolute Gasteiger partial charge is 0.236 e. The molecular weight excluding hydrogens is 340 g/mol. The average Bonchev–Trinajstić information content (AvgIpc) is 2.74. The van der Waals surface area contributed by atoms with E-state index in [1.54, 1.807) is 0 Å². The fourth-order valence-corrected chi connectivity index (χ4v) is 4.47. The Morgan fingerprint density at radius 2 is 1.79 bits per heavy atom. The molecule has 2 aromatic rings. The summed E-state index contributed by atoms with van der Waals surface area (Å²) in [5, 5.41) is 0. The highest BCUT2D eigenvalue weighted by atomic mass is 14.9. The topological polar surface area (TPSA) is 25.8 Å². The van der Waals surface area contributed by atoms with Gasteiger partial charge in [-0.3, -0.25) is 0 Å². The molecule has 2 atom stereocenters. The zero-order valence-electron chi connectivity index (χ0n) is 18.2. The van der Waals surface area contributed by atoms with Crippen molar-refractivity contribution in [2.24, 2.45) is 5.92 Å². The van der Waals surface area contributed by atoms with E-state index in [2.05, 4.69) is 51.2 Å². The number of benzene rings is 1. The van der Waals surface area contributed by atoms with E-state index < -0.39 is 0 Å². The van der Waals surface area contributed by atoms with Gasteiger partial charge < -0.3 is 0 Å². The summed E-state index contributed by atoms with van der Waals surface area (Å²) in [7, 11) is 0. The van der Waals surface area contributed by atoms with Gasteiger partial charge >= 0.3 is 0 Å². The maximum Gasteiger partial charge on any atom is 0.159 e. The lowest BCUT2D eigenvalue weighted by molar-refractivity contribution is 0.408. The second-order valence-corrected chi connectivity index (χ2v) is 8.79. The number of hydrogen-bond acceptors (Lipinski definition) is 2. The van der Waals surface area contributed by atoms with Gasteiger partial charge in [-0.2, -0.15) is 0 Å². The van der Waals surface area contributed by atoms with Gasteiger partial charge in [0.15, 0.2) is 5.82 Å². The van der Waals surface area contributed by atoms with Crippen LogP contribution in [0.4, 0.5) is 0 Å². The highest BCUT2D eigenvalue weighted by Crippen LogP contribution is 2.29. The molecule has 0 radical (unpaired) electrons. The molecule has 0 fully saturated rings. The molecule has 1 aromatic carbocycles. The predicted octanol–water partition coefficient (Wildman–Crippen LogP) is 7.51. The molecule has 0 amide bonds. The van der Waals surface area contributed by atoms with Gasteiger partial charge in [0.1, 0.15) is 0 Å². The maximum absolute atomic E-state index is 4.93. The summed E-state index contributed by atoms with van der Waals surface area (Å²) in [5.74, 6) is 2.36. The van der Waals surface area contributed by atoms with E-state index in [-0.39, 0.29) is 0 Å². The Hall–Kier alpha value is -1.70. The predicted molar refractivity (Wildman–Crippen MR) is 120 cm³/mol. The molecular formula is C26H38N2. The van der Waals surface area contributed by atoms with Crippen molar-refractivity contribution in [1.29, 1.82) is 0 Å². The molecule has 2 nitrogen and oxygen atoms in total. The van der Waals surface area contributed by atoms with Gasteiger partial charge in [-0.25, -0.2) is 9.97 Å². The zero-order chi connectivity index (χ0) is 19.8. The summed E-state index contributed by atoms with van der Waals surface area (Å²) < 4.78 is 0. The van der Waals surface area contributed by atoms with Crippen molar-refractivity contribution in [2.45, 2.75) is 97.3 Å². The number of fused-ring (bicyclic) bond motifs is 1. The third-order valence-corrected chi connectivity index (χ3v) is 6.45. The average molecular weight is 379 g/mol. The van der Waals surface area contributed by atoms with E-state index in [1.807, 2.05) is 0 Å². The Morgan fingerprint density at radius 1 is 1.00 bits per heavy atom. The standard InChI is InChI=1S/C26H38N2/c1-4-6-8-9-10-20(3)22-13-15-23(16-14-22)26-27-19-24-18-21(11-7-5-2)12-17-25(24)28-26/h13-16,19-21H,4-12,17-18H2,1-3H3. The van der Waals surface area contributed by atoms with E-state index in [9.17, 15) is 0 Å². The lowest BCUT2D eigenvalue weighted by atomic mass is 9.84. The van der Waals surface area contributed by atoms with Crippen molar-refractivity contribution >= 4 is 0 Å². The number of nitrogens with zero attached hydrogens (tertiary/aromatic N) is 2. The molecule has 28 heavy (non-hydrogen) atoms. The van der Waals surface area contributed by atoms with Gasteiger partial charge in [-0.15, -0.1) is 0 Å². The Balaban J connectivity index is 1.61. The van der Waals surface area contributed by atoms with Crippen molar-refractivity contribution in [3.05, 3.63) is 47.3 Å². The number of aryl methyl sites for hydroxylation is 1. The second kappa shape index (κ2) is 10.7. The van der Waals surface area contributed by atoms with Crippen molar-refractivity contribution < 1.29 is 0 Å². The number of aromatic nitrogens is 2. The maximum atomic E-state index is 4.93. The van der Waals surface area contributed by atoms with Gasteiger partial charge in [0.05, 0.1) is 0 Å². The van der Waals surface area contributed by atoms with E-state index in [0.717, 1.165) is 23.7 Å². The van der Waals surface area contributed by atoms with Crippen molar-refractivity contribution in [2.75, 3.05) is 0 Å². The SMILES string of the molecule is CCCCCCC(C)c1ccc(-c2ncc3c(n2)CCC(CCCC)C3)cc1. The van der Waals surface area contributed by atoms with Crippen molar-refractivity contribution in [3.8, 4) is 11.4 Å². The van der Waals surface area contributed by atoms with Crippen molar-refractivity contribution in [3.63, 3.8) is 0 Å². The molecule has 0 saturated heterocycles. The molecule has 1 aliphatic rings. The first-order chi connectivity index (χ1) is 13.7. The molecule has 1 aliphatic carbocycles. The lowest BCUT2D eigenvalue weighted by Crippen LogP contribution is -2.16. The first-order valence-corrected chi connectivity index (χ1v) is 11.7. The molecule has 3 rings (SSSR count). The van der Waals surface area contributed by atoms with Gasteiger partial charge in [-0.05, 0) is 48.6 Å². The van der Waals surface area contributed by atoms with Crippen LogP contribution in [0.2, 0.25) is 0 Å². The highest BCUT2D eigenvalue weighted by Gasteiger charge is 2.20. The van der Waals surface area contributed by atoms with Crippen LogP contribution < -0.4 is 0 Å². The van der Waals surface area contributed by atoms with Crippen LogP contribution in [0.1, 0.15) is 101 Å². The summed E-state index contributed by atoms with van der Waals surface area (Å²) in [6.07, 6.45) is 16.3. The minimum Gasteiger partial charge on any atom is -0.236 e. The summed E-state index contributed by atoms with van der Waals surface area (Å²) in [4.78, 5) is 9.64. The van der Waals surface area contributed by atoms with Crippen LogP contribution in [0.25, 0.3) is 11.4 Å². The van der Waals surface area contributed by atoms with E-state index in [1.165, 1.54) is 81.0 Å². The van der Waals surface area contributed by atoms with Gasteiger partial charge in [0.2, 0.25) is 0 Å². The van der Waals surface area contributed by atoms with Crippen LogP contribution in [0, 0.1) is 5.92 Å².